The van der Waals surface area contributed by atoms with Gasteiger partial charge in [0.15, 0.2) is 0 Å². The van der Waals surface area contributed by atoms with Crippen molar-refractivity contribution in [3.63, 3.8) is 0 Å². The van der Waals surface area contributed by atoms with Gasteiger partial charge >= 0.3 is 0 Å². The average molecular weight is 394 g/mol. The summed E-state index contributed by atoms with van der Waals surface area (Å²) in [7, 11) is 2.02. The largest absolute Gasteiger partial charge is 0.491 e. The fraction of sp³-hybridized carbons (Fsp3) is 0.375. The molecule has 0 bridgehead atoms. The molecule has 0 saturated heterocycles. The van der Waals surface area contributed by atoms with Crippen molar-refractivity contribution in [2.24, 2.45) is 0 Å². The third kappa shape index (κ3) is 5.92. The maximum absolute atomic E-state index is 10.4. The van der Waals surface area contributed by atoms with Gasteiger partial charge in [-0.05, 0) is 45.5 Å². The fourth-order valence-corrected chi connectivity index (χ4v) is 3.45. The summed E-state index contributed by atoms with van der Waals surface area (Å²) in [6.07, 6.45) is -0.554. The zero-order chi connectivity index (χ0) is 20.8. The van der Waals surface area contributed by atoms with Crippen LogP contribution >= 0.6 is 0 Å². The van der Waals surface area contributed by atoms with Gasteiger partial charge in [-0.15, -0.1) is 0 Å². The van der Waals surface area contributed by atoms with Crippen LogP contribution in [0, 0.1) is 20.8 Å². The Balaban J connectivity index is 1.54. The highest BCUT2D eigenvalue weighted by Crippen LogP contribution is 2.17. The van der Waals surface area contributed by atoms with Gasteiger partial charge in [0.1, 0.15) is 18.5 Å². The minimum absolute atomic E-state index is 0.276. The van der Waals surface area contributed by atoms with E-state index < -0.39 is 6.10 Å². The van der Waals surface area contributed by atoms with Crippen LogP contribution in [0.1, 0.15) is 28.1 Å². The van der Waals surface area contributed by atoms with E-state index in [1.807, 2.05) is 44.3 Å². The van der Waals surface area contributed by atoms with E-state index in [0.29, 0.717) is 6.54 Å². The Kier molecular flexibility index (Phi) is 7.07. The maximum Gasteiger partial charge on any atom is 0.119 e. The summed E-state index contributed by atoms with van der Waals surface area (Å²) in [6, 6.07) is 18.2. The molecule has 0 radical (unpaired) electrons. The Morgan fingerprint density at radius 2 is 1.72 bits per heavy atom. The Hall–Kier alpha value is -2.63. The molecule has 5 heteroatoms. The number of hydrogen-bond acceptors (Lipinski definition) is 4. The number of ether oxygens (including phenoxy) is 1. The second-order valence-electron chi connectivity index (χ2n) is 7.77. The van der Waals surface area contributed by atoms with Crippen LogP contribution in [0.4, 0.5) is 0 Å². The van der Waals surface area contributed by atoms with Gasteiger partial charge in [-0.3, -0.25) is 9.58 Å². The summed E-state index contributed by atoms with van der Waals surface area (Å²) in [5.41, 5.74) is 5.85. The number of aromatic nitrogens is 2. The van der Waals surface area contributed by atoms with Crippen molar-refractivity contribution in [1.29, 1.82) is 0 Å². The maximum atomic E-state index is 10.4. The van der Waals surface area contributed by atoms with Crippen molar-refractivity contribution in [3.8, 4) is 5.75 Å². The number of aliphatic hydroxyl groups excluding tert-OH is 1. The third-order valence-corrected chi connectivity index (χ3v) is 5.12. The Labute approximate surface area is 173 Å². The molecule has 0 aliphatic heterocycles. The lowest BCUT2D eigenvalue weighted by Gasteiger charge is -2.21. The summed E-state index contributed by atoms with van der Waals surface area (Å²) >= 11 is 0. The zero-order valence-corrected chi connectivity index (χ0v) is 17.8. The van der Waals surface area contributed by atoms with E-state index >= 15 is 0 Å². The molecule has 0 spiro atoms. The second kappa shape index (κ2) is 9.72. The molecule has 1 heterocycles. The predicted molar refractivity (Wildman–Crippen MR) is 116 cm³/mol. The standard InChI is InChI=1S/C24H31N3O2/c1-18-10-12-23(13-11-18)29-17-22(28)15-26(4)16-24-19(2)25-27(20(24)3)14-21-8-6-5-7-9-21/h5-13,22,28H,14-17H2,1-4H3. The molecule has 1 aromatic heterocycles. The van der Waals surface area contributed by atoms with Gasteiger partial charge in [0.25, 0.3) is 0 Å². The van der Waals surface area contributed by atoms with Crippen molar-refractivity contribution in [2.75, 3.05) is 20.2 Å². The molecule has 0 aliphatic carbocycles. The van der Waals surface area contributed by atoms with Gasteiger partial charge in [0.2, 0.25) is 0 Å². The minimum Gasteiger partial charge on any atom is -0.491 e. The molecule has 0 fully saturated rings. The molecule has 5 nitrogen and oxygen atoms in total. The minimum atomic E-state index is -0.554. The Bertz CT molecular complexity index is 904. The van der Waals surface area contributed by atoms with Crippen molar-refractivity contribution in [2.45, 2.75) is 40.0 Å². The van der Waals surface area contributed by atoms with Gasteiger partial charge in [-0.1, -0.05) is 48.0 Å². The molecule has 1 atom stereocenters. The first kappa shape index (κ1) is 21.1. The molecule has 3 aromatic rings. The summed E-state index contributed by atoms with van der Waals surface area (Å²) in [5, 5.41) is 15.1. The lowest BCUT2D eigenvalue weighted by atomic mass is 10.1. The molecule has 3 rings (SSSR count). The Morgan fingerprint density at radius 1 is 1.03 bits per heavy atom. The van der Waals surface area contributed by atoms with E-state index in [2.05, 4.69) is 47.7 Å². The lowest BCUT2D eigenvalue weighted by molar-refractivity contribution is 0.0743. The van der Waals surface area contributed by atoms with E-state index in [-0.39, 0.29) is 6.61 Å². The first-order chi connectivity index (χ1) is 13.9. The summed E-state index contributed by atoms with van der Waals surface area (Å²) in [4.78, 5) is 2.12. The predicted octanol–water partition coefficient (Wildman–Crippen LogP) is 3.73. The van der Waals surface area contributed by atoms with E-state index in [1.54, 1.807) is 0 Å². The normalized spacial score (nSPS) is 12.3. The highest BCUT2D eigenvalue weighted by molar-refractivity contribution is 5.27. The third-order valence-electron chi connectivity index (χ3n) is 5.12. The molecule has 1 N–H and O–H groups in total. The zero-order valence-electron chi connectivity index (χ0n) is 17.8. The molecule has 0 aliphatic rings. The van der Waals surface area contributed by atoms with Gasteiger partial charge in [-0.25, -0.2) is 0 Å². The summed E-state index contributed by atoms with van der Waals surface area (Å²) < 4.78 is 7.76. The molecule has 29 heavy (non-hydrogen) atoms. The average Bonchev–Trinajstić information content (AvgIpc) is 2.95. The molecule has 2 aromatic carbocycles. The monoisotopic (exact) mass is 393 g/mol. The second-order valence-corrected chi connectivity index (χ2v) is 7.77. The van der Waals surface area contributed by atoms with Crippen LogP contribution in [-0.4, -0.2) is 46.1 Å². The Morgan fingerprint density at radius 3 is 2.41 bits per heavy atom. The fourth-order valence-electron chi connectivity index (χ4n) is 3.45. The first-order valence-corrected chi connectivity index (χ1v) is 10.0. The lowest BCUT2D eigenvalue weighted by Crippen LogP contribution is -2.33. The van der Waals surface area contributed by atoms with Gasteiger partial charge in [0, 0.05) is 24.3 Å². The van der Waals surface area contributed by atoms with Crippen LogP contribution in [0.25, 0.3) is 0 Å². The van der Waals surface area contributed by atoms with Crippen LogP contribution in [0.2, 0.25) is 0 Å². The van der Waals surface area contributed by atoms with Crippen LogP contribution < -0.4 is 4.74 Å². The highest BCUT2D eigenvalue weighted by atomic mass is 16.5. The molecule has 0 saturated carbocycles. The molecular weight excluding hydrogens is 362 g/mol. The number of benzene rings is 2. The highest BCUT2D eigenvalue weighted by Gasteiger charge is 2.16. The van der Waals surface area contributed by atoms with Gasteiger partial charge in [0.05, 0.1) is 12.2 Å². The topological polar surface area (TPSA) is 50.5 Å². The van der Waals surface area contributed by atoms with Crippen molar-refractivity contribution in [1.82, 2.24) is 14.7 Å². The molecule has 1 unspecified atom stereocenters. The van der Waals surface area contributed by atoms with Crippen molar-refractivity contribution >= 4 is 0 Å². The van der Waals surface area contributed by atoms with E-state index in [4.69, 9.17) is 9.84 Å². The van der Waals surface area contributed by atoms with Crippen molar-refractivity contribution < 1.29 is 9.84 Å². The number of hydrogen-bond donors (Lipinski definition) is 1. The van der Waals surface area contributed by atoms with E-state index in [1.165, 1.54) is 22.4 Å². The quantitative estimate of drug-likeness (QED) is 0.602. The van der Waals surface area contributed by atoms with Crippen LogP contribution in [-0.2, 0) is 13.1 Å². The molecular formula is C24H31N3O2. The van der Waals surface area contributed by atoms with Crippen LogP contribution in [0.5, 0.6) is 5.75 Å². The summed E-state index contributed by atoms with van der Waals surface area (Å²) in [6.45, 7) is 8.53. The number of aryl methyl sites for hydroxylation is 2. The van der Waals surface area contributed by atoms with Crippen molar-refractivity contribution in [3.05, 3.63) is 82.7 Å². The first-order valence-electron chi connectivity index (χ1n) is 10.0. The van der Waals surface area contributed by atoms with E-state index in [9.17, 15) is 5.11 Å². The number of aliphatic hydroxyl groups is 1. The number of rotatable bonds is 9. The molecule has 154 valence electrons. The number of likely N-dealkylation sites (N-methyl/N-ethyl adjacent to an activating group) is 1. The smallest absolute Gasteiger partial charge is 0.119 e. The van der Waals surface area contributed by atoms with E-state index in [0.717, 1.165) is 24.5 Å². The van der Waals surface area contributed by atoms with Gasteiger partial charge < -0.3 is 9.84 Å². The SMILES string of the molecule is Cc1ccc(OCC(O)CN(C)Cc2c(C)nn(Cc3ccccc3)c2C)cc1. The summed E-state index contributed by atoms with van der Waals surface area (Å²) in [5.74, 6) is 0.784. The van der Waals surface area contributed by atoms with Crippen LogP contribution in [0.3, 0.4) is 0 Å². The van der Waals surface area contributed by atoms with Crippen LogP contribution in [0.15, 0.2) is 54.6 Å². The molecule has 0 amide bonds. The van der Waals surface area contributed by atoms with Gasteiger partial charge in [-0.2, -0.15) is 5.10 Å². The number of nitrogens with zero attached hydrogens (tertiary/aromatic N) is 3.